The number of halogens is 2. The lowest BCUT2D eigenvalue weighted by Gasteiger charge is -2.06. The second-order valence-electron chi connectivity index (χ2n) is 4.30. The van der Waals surface area contributed by atoms with Crippen LogP contribution in [0.2, 0.25) is 0 Å². The van der Waals surface area contributed by atoms with E-state index in [0.717, 1.165) is 29.2 Å². The van der Waals surface area contributed by atoms with Crippen molar-refractivity contribution in [1.82, 2.24) is 0 Å². The lowest BCUT2D eigenvalue weighted by Crippen LogP contribution is -1.93. The lowest BCUT2D eigenvalue weighted by atomic mass is 10.2. The molecule has 5 heteroatoms. The molecule has 3 aromatic rings. The molecular weight excluding hydrogens is 347 g/mol. The van der Waals surface area contributed by atoms with Crippen molar-refractivity contribution in [3.05, 3.63) is 55.3 Å². The predicted octanol–water partition coefficient (Wildman–Crippen LogP) is 5.25. The van der Waals surface area contributed by atoms with Crippen LogP contribution in [-0.2, 0) is 0 Å². The molecule has 2 heterocycles. The maximum Gasteiger partial charge on any atom is 0.124 e. The number of aliphatic hydroxyl groups is 1. The molecule has 2 aromatic heterocycles. The second kappa shape index (κ2) is 4.98. The van der Waals surface area contributed by atoms with Crippen molar-refractivity contribution in [2.24, 2.45) is 0 Å². The highest BCUT2D eigenvalue weighted by Gasteiger charge is 2.18. The van der Waals surface area contributed by atoms with Gasteiger partial charge in [-0.25, -0.2) is 4.39 Å². The largest absolute Gasteiger partial charge is 0.382 e. The fourth-order valence-electron chi connectivity index (χ4n) is 1.98. The van der Waals surface area contributed by atoms with Crippen molar-refractivity contribution in [1.29, 1.82) is 0 Å². The van der Waals surface area contributed by atoms with Gasteiger partial charge >= 0.3 is 0 Å². The Kier molecular flexibility index (Phi) is 3.47. The van der Waals surface area contributed by atoms with E-state index in [1.165, 1.54) is 23.5 Å². The Labute approximate surface area is 126 Å². The van der Waals surface area contributed by atoms with Gasteiger partial charge in [0.25, 0.3) is 0 Å². The Hall–Kier alpha value is -0.750. The van der Waals surface area contributed by atoms with Crippen molar-refractivity contribution in [2.45, 2.75) is 13.0 Å². The summed E-state index contributed by atoms with van der Waals surface area (Å²) < 4.78 is 15.0. The van der Waals surface area contributed by atoms with E-state index < -0.39 is 6.10 Å². The summed E-state index contributed by atoms with van der Waals surface area (Å²) in [6, 6.07) is 8.61. The topological polar surface area (TPSA) is 20.2 Å². The SMILES string of the molecule is Cc1cc(Br)c(C(O)c2cc3ccc(F)cc3s2)s1. The Balaban J connectivity index is 2.06. The molecule has 1 unspecified atom stereocenters. The first-order valence-corrected chi connectivity index (χ1v) is 8.10. The molecule has 0 saturated carbocycles. The normalized spacial score (nSPS) is 13.1. The van der Waals surface area contributed by atoms with Gasteiger partial charge in [0, 0.05) is 18.9 Å². The van der Waals surface area contributed by atoms with E-state index >= 15 is 0 Å². The number of hydrogen-bond donors (Lipinski definition) is 1. The van der Waals surface area contributed by atoms with Crippen molar-refractivity contribution in [2.75, 3.05) is 0 Å². The maximum absolute atomic E-state index is 13.2. The van der Waals surface area contributed by atoms with Crippen LogP contribution in [0, 0.1) is 12.7 Å². The van der Waals surface area contributed by atoms with Crippen molar-refractivity contribution < 1.29 is 9.50 Å². The highest BCUT2D eigenvalue weighted by atomic mass is 79.9. The molecule has 1 nitrogen and oxygen atoms in total. The smallest absolute Gasteiger partial charge is 0.124 e. The third kappa shape index (κ3) is 2.48. The fraction of sp³-hybridized carbons (Fsp3) is 0.143. The molecule has 3 rings (SSSR count). The van der Waals surface area contributed by atoms with Crippen LogP contribution in [0.4, 0.5) is 4.39 Å². The first kappa shape index (κ1) is 13.2. The van der Waals surface area contributed by atoms with Crippen LogP contribution < -0.4 is 0 Å². The molecule has 0 amide bonds. The average Bonchev–Trinajstić information content (AvgIpc) is 2.91. The summed E-state index contributed by atoms with van der Waals surface area (Å²) in [6.45, 7) is 2.01. The Morgan fingerprint density at radius 3 is 2.68 bits per heavy atom. The Bertz CT molecular complexity index is 747. The van der Waals surface area contributed by atoms with Gasteiger partial charge < -0.3 is 5.11 Å². The number of aliphatic hydroxyl groups excluding tert-OH is 1. The molecule has 0 bridgehead atoms. The summed E-state index contributed by atoms with van der Waals surface area (Å²) in [5.41, 5.74) is 0. The molecule has 1 aromatic carbocycles. The summed E-state index contributed by atoms with van der Waals surface area (Å²) in [5, 5.41) is 11.4. The minimum Gasteiger partial charge on any atom is -0.382 e. The van der Waals surface area contributed by atoms with E-state index in [0.29, 0.717) is 0 Å². The van der Waals surface area contributed by atoms with Gasteiger partial charge in [0.15, 0.2) is 0 Å². The monoisotopic (exact) mass is 356 g/mol. The minimum absolute atomic E-state index is 0.247. The first-order valence-electron chi connectivity index (χ1n) is 5.67. The maximum atomic E-state index is 13.2. The quantitative estimate of drug-likeness (QED) is 0.664. The van der Waals surface area contributed by atoms with Crippen LogP contribution in [0.5, 0.6) is 0 Å². The zero-order chi connectivity index (χ0) is 13.6. The zero-order valence-corrected chi connectivity index (χ0v) is 13.2. The predicted molar refractivity (Wildman–Crippen MR) is 82.6 cm³/mol. The van der Waals surface area contributed by atoms with Crippen LogP contribution in [0.15, 0.2) is 34.8 Å². The van der Waals surface area contributed by atoms with Crippen molar-refractivity contribution in [3.63, 3.8) is 0 Å². The lowest BCUT2D eigenvalue weighted by molar-refractivity contribution is 0.227. The van der Waals surface area contributed by atoms with Crippen LogP contribution in [0.3, 0.4) is 0 Å². The zero-order valence-electron chi connectivity index (χ0n) is 9.98. The van der Waals surface area contributed by atoms with Crippen LogP contribution in [0.1, 0.15) is 20.7 Å². The molecule has 1 atom stereocenters. The van der Waals surface area contributed by atoms with Crippen LogP contribution in [0.25, 0.3) is 10.1 Å². The molecule has 0 aliphatic carbocycles. The summed E-state index contributed by atoms with van der Waals surface area (Å²) in [5.74, 6) is -0.247. The van der Waals surface area contributed by atoms with Gasteiger partial charge in [0.1, 0.15) is 11.9 Å². The molecule has 98 valence electrons. The molecule has 19 heavy (non-hydrogen) atoms. The number of benzene rings is 1. The van der Waals surface area contributed by atoms with Gasteiger partial charge in [-0.2, -0.15) is 0 Å². The number of aryl methyl sites for hydroxylation is 1. The molecule has 0 fully saturated rings. The Morgan fingerprint density at radius 1 is 1.21 bits per heavy atom. The van der Waals surface area contributed by atoms with Gasteiger partial charge in [0.05, 0.1) is 4.88 Å². The molecule has 0 spiro atoms. The van der Waals surface area contributed by atoms with Gasteiger partial charge in [-0.3, -0.25) is 0 Å². The molecule has 0 aliphatic heterocycles. The Morgan fingerprint density at radius 2 is 2.00 bits per heavy atom. The fourth-order valence-corrected chi connectivity index (χ4v) is 5.01. The third-order valence-corrected chi connectivity index (χ3v) is 6.03. The summed E-state index contributed by atoms with van der Waals surface area (Å²) >= 11 is 6.46. The van der Waals surface area contributed by atoms with E-state index in [9.17, 15) is 9.50 Å². The van der Waals surface area contributed by atoms with Gasteiger partial charge in [0.2, 0.25) is 0 Å². The third-order valence-electron chi connectivity index (χ3n) is 2.86. The number of thiophene rings is 2. The van der Waals surface area contributed by atoms with E-state index in [4.69, 9.17) is 0 Å². The first-order chi connectivity index (χ1) is 9.04. The van der Waals surface area contributed by atoms with E-state index in [-0.39, 0.29) is 5.82 Å². The molecular formula is C14H10BrFOS2. The number of hydrogen-bond acceptors (Lipinski definition) is 3. The molecule has 0 radical (unpaired) electrons. The highest BCUT2D eigenvalue weighted by Crippen LogP contribution is 2.39. The van der Waals surface area contributed by atoms with E-state index in [1.54, 1.807) is 17.4 Å². The molecule has 0 saturated heterocycles. The second-order valence-corrected chi connectivity index (χ2v) is 7.56. The summed E-state index contributed by atoms with van der Waals surface area (Å²) in [7, 11) is 0. The summed E-state index contributed by atoms with van der Waals surface area (Å²) in [4.78, 5) is 2.88. The minimum atomic E-state index is -0.659. The summed E-state index contributed by atoms with van der Waals surface area (Å²) in [6.07, 6.45) is -0.659. The number of rotatable bonds is 2. The number of fused-ring (bicyclic) bond motifs is 1. The van der Waals surface area contributed by atoms with Gasteiger partial charge in [-0.1, -0.05) is 6.07 Å². The van der Waals surface area contributed by atoms with Crippen molar-refractivity contribution in [3.8, 4) is 0 Å². The van der Waals surface area contributed by atoms with Crippen LogP contribution in [-0.4, -0.2) is 5.11 Å². The molecule has 0 aliphatic rings. The molecule has 1 N–H and O–H groups in total. The van der Waals surface area contributed by atoms with E-state index in [1.807, 2.05) is 19.1 Å². The van der Waals surface area contributed by atoms with Crippen LogP contribution >= 0.6 is 38.6 Å². The average molecular weight is 357 g/mol. The van der Waals surface area contributed by atoms with Crippen molar-refractivity contribution >= 4 is 48.7 Å². The van der Waals surface area contributed by atoms with Gasteiger partial charge in [-0.05, 0) is 52.5 Å². The van der Waals surface area contributed by atoms with E-state index in [2.05, 4.69) is 15.9 Å². The standard InChI is InChI=1S/C14H10BrFOS2/c1-7-4-10(15)14(18-7)13(17)12-5-8-2-3-9(16)6-11(8)19-12/h2-6,13,17H,1H3. The van der Waals surface area contributed by atoms with Gasteiger partial charge in [-0.15, -0.1) is 22.7 Å². The highest BCUT2D eigenvalue weighted by molar-refractivity contribution is 9.10.